The van der Waals surface area contributed by atoms with Gasteiger partial charge in [0.25, 0.3) is 5.91 Å². The topological polar surface area (TPSA) is 169 Å². The molecule has 4 aromatic rings. The molecule has 1 aromatic heterocycles. The molecule has 1 unspecified atom stereocenters. The molecule has 3 N–H and O–H groups in total. The quantitative estimate of drug-likeness (QED) is 0.0821. The van der Waals surface area contributed by atoms with Crippen molar-refractivity contribution in [2.45, 2.75) is 55.6 Å². The highest BCUT2D eigenvalue weighted by atomic mass is 35.5. The molecule has 3 saturated heterocycles. The van der Waals surface area contributed by atoms with E-state index in [1.54, 1.807) is 43.2 Å². The van der Waals surface area contributed by atoms with Gasteiger partial charge in [-0.05, 0) is 74.6 Å². The van der Waals surface area contributed by atoms with Crippen LogP contribution in [0.4, 0.5) is 28.8 Å². The minimum atomic E-state index is -2.56. The summed E-state index contributed by atoms with van der Waals surface area (Å²) in [6.45, 7) is 8.66. The largest absolute Gasteiger partial charge is 0.494 e. The van der Waals surface area contributed by atoms with E-state index in [-0.39, 0.29) is 24.1 Å². The first-order valence-electron chi connectivity index (χ1n) is 20.9. The second-order valence-electron chi connectivity index (χ2n) is 16.3. The fraction of sp³-hybridized carbons (Fsp3) is 0.409. The summed E-state index contributed by atoms with van der Waals surface area (Å²) >= 11 is 8.05. The Balaban J connectivity index is 0.794. The van der Waals surface area contributed by atoms with Crippen LogP contribution in [0.5, 0.6) is 5.75 Å². The van der Waals surface area contributed by atoms with Crippen molar-refractivity contribution in [3.8, 4) is 5.75 Å². The monoisotopic (exact) mass is 899 g/mol. The maximum absolute atomic E-state index is 13.3. The zero-order valence-electron chi connectivity index (χ0n) is 35.1. The number of fused-ring (bicyclic) bond motifs is 1. The maximum atomic E-state index is 13.3. The molecule has 5 heterocycles. The molecule has 0 bridgehead atoms. The van der Waals surface area contributed by atoms with Crippen molar-refractivity contribution in [3.63, 3.8) is 0 Å². The van der Waals surface area contributed by atoms with Crippen LogP contribution < -0.4 is 30.9 Å². The zero-order valence-corrected chi connectivity index (χ0v) is 37.5. The van der Waals surface area contributed by atoms with E-state index in [1.807, 2.05) is 53.4 Å². The standard InChI is InChI=1S/C44H51ClN9O6PS/c1-60-36-25-29(11-12-33(36)48-44-46-26-32(45)41(50-44)47-34-8-4-5-9-37(34)61(2,3)59)51-18-15-28(16-19-51)52-20-22-53(23-21-52)40(56)17-24-62-38-10-6-7-30-31(38)27-54(43(30)58)35-13-14-39(55)49-42(35)57/h4-12,25-26,28,35H,13-24,27H2,1-3H3,(H,49,55,57)(H2,46,47,48,50). The van der Waals surface area contributed by atoms with Gasteiger partial charge in [0.05, 0.1) is 24.7 Å². The highest BCUT2D eigenvalue weighted by Gasteiger charge is 2.40. The molecule has 1 atom stereocenters. The van der Waals surface area contributed by atoms with Crippen molar-refractivity contribution in [1.29, 1.82) is 0 Å². The minimum Gasteiger partial charge on any atom is -0.494 e. The Hall–Kier alpha value is -5.15. The predicted octanol–water partition coefficient (Wildman–Crippen LogP) is 5.93. The molecule has 62 heavy (non-hydrogen) atoms. The molecule has 0 radical (unpaired) electrons. The van der Waals surface area contributed by atoms with E-state index < -0.39 is 19.1 Å². The minimum absolute atomic E-state index is 0.138. The van der Waals surface area contributed by atoms with E-state index in [4.69, 9.17) is 16.3 Å². The van der Waals surface area contributed by atoms with Crippen molar-refractivity contribution in [3.05, 3.63) is 83.0 Å². The molecular weight excluding hydrogens is 849 g/mol. The molecule has 4 aliphatic heterocycles. The third-order valence-electron chi connectivity index (χ3n) is 12.0. The van der Waals surface area contributed by atoms with E-state index in [0.717, 1.165) is 55.2 Å². The lowest BCUT2D eigenvalue weighted by Gasteiger charge is -2.43. The van der Waals surface area contributed by atoms with Gasteiger partial charge in [-0.15, -0.1) is 11.8 Å². The van der Waals surface area contributed by atoms with Gasteiger partial charge in [0.15, 0.2) is 5.82 Å². The SMILES string of the molecule is COc1cc(N2CCC(N3CCN(C(=O)CCSc4cccc5c4CN(C4CCC(=O)NC4=O)C5=O)CC3)CC2)ccc1Nc1ncc(Cl)c(Nc2ccccc2P(C)(C)=O)n1. The summed E-state index contributed by atoms with van der Waals surface area (Å²) in [6, 6.07) is 18.9. The number of benzene rings is 3. The van der Waals surface area contributed by atoms with Gasteiger partial charge in [0.1, 0.15) is 24.0 Å². The summed E-state index contributed by atoms with van der Waals surface area (Å²) < 4.78 is 18.7. The van der Waals surface area contributed by atoms with Crippen LogP contribution >= 0.6 is 30.5 Å². The van der Waals surface area contributed by atoms with Crippen LogP contribution in [0.25, 0.3) is 0 Å². The number of carbonyl (C=O) groups excluding carboxylic acids is 4. The number of piperazine rings is 1. The van der Waals surface area contributed by atoms with Crippen molar-refractivity contribution < 1.29 is 28.5 Å². The number of piperidine rings is 2. The van der Waals surface area contributed by atoms with Gasteiger partial charge in [-0.1, -0.05) is 29.8 Å². The molecular formula is C44H51ClN9O6PS. The number of anilines is 5. The molecule has 15 nitrogen and oxygen atoms in total. The van der Waals surface area contributed by atoms with Crippen LogP contribution in [0.15, 0.2) is 71.8 Å². The summed E-state index contributed by atoms with van der Waals surface area (Å²) in [6.07, 6.45) is 4.49. The molecule has 18 heteroatoms. The van der Waals surface area contributed by atoms with Gasteiger partial charge in [-0.3, -0.25) is 29.4 Å². The number of carbonyl (C=O) groups is 4. The number of ether oxygens (including phenoxy) is 1. The smallest absolute Gasteiger partial charge is 0.255 e. The number of halogens is 1. The lowest BCUT2D eigenvalue weighted by Crippen LogP contribution is -2.54. The van der Waals surface area contributed by atoms with Crippen molar-refractivity contribution in [1.82, 2.24) is 30.0 Å². The lowest BCUT2D eigenvalue weighted by molar-refractivity contribution is -0.137. The first kappa shape index (κ1) is 43.5. The Morgan fingerprint density at radius 1 is 0.952 bits per heavy atom. The number of thioether (sulfide) groups is 1. The number of methoxy groups -OCH3 is 1. The van der Waals surface area contributed by atoms with Crippen LogP contribution in [-0.4, -0.2) is 126 Å². The first-order chi connectivity index (χ1) is 29.9. The molecule has 0 saturated carbocycles. The Kier molecular flexibility index (Phi) is 13.1. The zero-order chi connectivity index (χ0) is 43.5. The summed E-state index contributed by atoms with van der Waals surface area (Å²) in [7, 11) is -0.921. The van der Waals surface area contributed by atoms with Gasteiger partial charge in [0.2, 0.25) is 23.7 Å². The maximum Gasteiger partial charge on any atom is 0.255 e. The van der Waals surface area contributed by atoms with E-state index >= 15 is 0 Å². The molecule has 3 aromatic carbocycles. The Bertz CT molecular complexity index is 2420. The lowest BCUT2D eigenvalue weighted by atomic mass is 10.0. The Labute approximate surface area is 370 Å². The molecule has 0 aliphatic carbocycles. The Morgan fingerprint density at radius 2 is 1.73 bits per heavy atom. The average molecular weight is 900 g/mol. The van der Waals surface area contributed by atoms with Crippen molar-refractivity contribution in [2.24, 2.45) is 0 Å². The highest BCUT2D eigenvalue weighted by Crippen LogP contribution is 2.40. The number of hydrogen-bond acceptors (Lipinski definition) is 13. The number of hydrogen-bond donors (Lipinski definition) is 3. The van der Waals surface area contributed by atoms with E-state index in [2.05, 4.69) is 41.8 Å². The number of aromatic nitrogens is 2. The van der Waals surface area contributed by atoms with Crippen LogP contribution in [0.2, 0.25) is 5.02 Å². The number of amides is 4. The number of nitrogens with zero attached hydrogens (tertiary/aromatic N) is 6. The van der Waals surface area contributed by atoms with E-state index in [1.165, 1.54) is 6.20 Å². The van der Waals surface area contributed by atoms with Gasteiger partial charge < -0.3 is 34.6 Å². The summed E-state index contributed by atoms with van der Waals surface area (Å²) in [4.78, 5) is 69.1. The summed E-state index contributed by atoms with van der Waals surface area (Å²) in [5.41, 5.74) is 3.91. The molecule has 4 amide bonds. The van der Waals surface area contributed by atoms with Gasteiger partial charge in [-0.25, -0.2) is 4.98 Å². The third kappa shape index (κ3) is 9.58. The van der Waals surface area contributed by atoms with E-state index in [9.17, 15) is 23.7 Å². The molecule has 3 fully saturated rings. The highest BCUT2D eigenvalue weighted by molar-refractivity contribution is 7.99. The average Bonchev–Trinajstić information content (AvgIpc) is 3.61. The molecule has 4 aliphatic rings. The number of nitrogens with one attached hydrogen (secondary N) is 3. The predicted molar refractivity (Wildman–Crippen MR) is 243 cm³/mol. The first-order valence-corrected chi connectivity index (χ1v) is 24.9. The van der Waals surface area contributed by atoms with Crippen LogP contribution in [0, 0.1) is 0 Å². The molecule has 8 rings (SSSR count). The normalized spacial score (nSPS) is 18.7. The number of imide groups is 1. The summed E-state index contributed by atoms with van der Waals surface area (Å²) in [5, 5.41) is 9.90. The number of rotatable bonds is 13. The fourth-order valence-electron chi connectivity index (χ4n) is 8.72. The fourth-order valence-corrected chi connectivity index (χ4v) is 11.0. The van der Waals surface area contributed by atoms with Crippen LogP contribution in [-0.2, 0) is 25.5 Å². The second-order valence-corrected chi connectivity index (χ2v) is 21.0. The van der Waals surface area contributed by atoms with Gasteiger partial charge in [0, 0.05) is 98.0 Å². The van der Waals surface area contributed by atoms with Crippen LogP contribution in [0.1, 0.15) is 48.0 Å². The van der Waals surface area contributed by atoms with Gasteiger partial charge >= 0.3 is 0 Å². The van der Waals surface area contributed by atoms with Crippen LogP contribution in [0.3, 0.4) is 0 Å². The Morgan fingerprint density at radius 3 is 2.47 bits per heavy atom. The molecule has 0 spiro atoms. The van der Waals surface area contributed by atoms with Crippen molar-refractivity contribution >= 4 is 88.3 Å². The second kappa shape index (κ2) is 18.7. The van der Waals surface area contributed by atoms with Gasteiger partial charge in [-0.2, -0.15) is 4.98 Å². The third-order valence-corrected chi connectivity index (χ3v) is 15.0. The molecule has 326 valence electrons. The van der Waals surface area contributed by atoms with Crippen molar-refractivity contribution in [2.75, 3.05) is 81.0 Å². The van der Waals surface area contributed by atoms with E-state index in [0.29, 0.717) is 89.1 Å². The summed E-state index contributed by atoms with van der Waals surface area (Å²) in [5.74, 6) is 1.18. The number of para-hydroxylation sites is 1.